The molecular weight excluding hydrogens is 184 g/mol. The highest BCUT2D eigenvalue weighted by molar-refractivity contribution is 5.87. The first kappa shape index (κ1) is 12.6. The van der Waals surface area contributed by atoms with Crippen LogP contribution in [0.5, 0.6) is 0 Å². The van der Waals surface area contributed by atoms with Crippen molar-refractivity contribution >= 4 is 5.97 Å². The molecule has 4 nitrogen and oxygen atoms in total. The van der Waals surface area contributed by atoms with Crippen LogP contribution >= 0.6 is 0 Å². The molecule has 0 fully saturated rings. The number of hydrogen-bond donors (Lipinski definition) is 0. The summed E-state index contributed by atoms with van der Waals surface area (Å²) in [5, 5.41) is 0. The molecule has 0 unspecified atom stereocenters. The average molecular weight is 200 g/mol. The highest BCUT2D eigenvalue weighted by Gasteiger charge is 2.06. The lowest BCUT2D eigenvalue weighted by Gasteiger charge is -2.04. The molecule has 0 radical (unpaired) electrons. The van der Waals surface area contributed by atoms with Crippen molar-refractivity contribution in [2.75, 3.05) is 20.3 Å². The molecule has 0 saturated carbocycles. The van der Waals surface area contributed by atoms with Gasteiger partial charge in [-0.1, -0.05) is 13.5 Å². The Morgan fingerprint density at radius 1 is 1.36 bits per heavy atom. The highest BCUT2D eigenvalue weighted by Crippen LogP contribution is 2.02. The third kappa shape index (κ3) is 5.24. The molecule has 0 aromatic heterocycles. The molecular formula is C10H16O4. The average Bonchev–Trinajstić information content (AvgIpc) is 2.22. The molecule has 14 heavy (non-hydrogen) atoms. The minimum absolute atomic E-state index is 0.364. The van der Waals surface area contributed by atoms with Crippen LogP contribution in [0.25, 0.3) is 0 Å². The highest BCUT2D eigenvalue weighted by atomic mass is 16.5. The zero-order chi connectivity index (χ0) is 10.8. The fourth-order valence-electron chi connectivity index (χ4n) is 0.746. The van der Waals surface area contributed by atoms with Gasteiger partial charge in [0.05, 0.1) is 25.2 Å². The van der Waals surface area contributed by atoms with E-state index in [4.69, 9.17) is 9.47 Å². The standard InChI is InChI=1S/C10H16O4/c1-4-9(10(11)12-3)8-14-7-6-13-5-2/h5,8H,2,4,6-7H2,1,3H3. The molecule has 0 amide bonds. The number of carbonyl (C=O) groups excluding carboxylic acids is 1. The van der Waals surface area contributed by atoms with Crippen molar-refractivity contribution < 1.29 is 19.0 Å². The molecule has 80 valence electrons. The van der Waals surface area contributed by atoms with Gasteiger partial charge in [0, 0.05) is 0 Å². The van der Waals surface area contributed by atoms with Crippen molar-refractivity contribution in [3.05, 3.63) is 24.7 Å². The molecule has 0 aromatic rings. The summed E-state index contributed by atoms with van der Waals surface area (Å²) in [6.45, 7) is 6.03. The third-order valence-electron chi connectivity index (χ3n) is 1.49. The summed E-state index contributed by atoms with van der Waals surface area (Å²) in [5.41, 5.74) is 0.506. The fraction of sp³-hybridized carbons (Fsp3) is 0.500. The van der Waals surface area contributed by atoms with Gasteiger partial charge in [-0.25, -0.2) is 4.79 Å². The van der Waals surface area contributed by atoms with E-state index >= 15 is 0 Å². The quantitative estimate of drug-likeness (QED) is 0.271. The normalized spacial score (nSPS) is 10.6. The summed E-state index contributed by atoms with van der Waals surface area (Å²) in [5.74, 6) is -0.364. The summed E-state index contributed by atoms with van der Waals surface area (Å²) >= 11 is 0. The summed E-state index contributed by atoms with van der Waals surface area (Å²) in [6.07, 6.45) is 3.32. The van der Waals surface area contributed by atoms with Gasteiger partial charge < -0.3 is 14.2 Å². The Kier molecular flexibility index (Phi) is 7.32. The third-order valence-corrected chi connectivity index (χ3v) is 1.49. The van der Waals surface area contributed by atoms with Crippen LogP contribution in [-0.2, 0) is 19.0 Å². The van der Waals surface area contributed by atoms with Crippen LogP contribution in [-0.4, -0.2) is 26.3 Å². The van der Waals surface area contributed by atoms with Crippen LogP contribution in [0.2, 0.25) is 0 Å². The smallest absolute Gasteiger partial charge is 0.336 e. The first-order chi connectivity index (χ1) is 6.76. The molecule has 0 aromatic carbocycles. The number of carbonyl (C=O) groups is 1. The Morgan fingerprint density at radius 3 is 2.50 bits per heavy atom. The second-order valence-electron chi connectivity index (χ2n) is 2.40. The largest absolute Gasteiger partial charge is 0.498 e. The SMILES string of the molecule is C=COCCOC=C(CC)C(=O)OC. The number of esters is 1. The Bertz CT molecular complexity index is 208. The van der Waals surface area contributed by atoms with Crippen LogP contribution in [0, 0.1) is 0 Å². The number of hydrogen-bond acceptors (Lipinski definition) is 4. The Balaban J connectivity index is 3.81. The van der Waals surface area contributed by atoms with Gasteiger partial charge in [0.15, 0.2) is 0 Å². The van der Waals surface area contributed by atoms with Gasteiger partial charge in [-0.3, -0.25) is 0 Å². The van der Waals surface area contributed by atoms with Crippen molar-refractivity contribution in [2.24, 2.45) is 0 Å². The predicted molar refractivity (Wildman–Crippen MR) is 52.5 cm³/mol. The van der Waals surface area contributed by atoms with Gasteiger partial charge in [0.2, 0.25) is 0 Å². The molecule has 0 N–H and O–H groups in total. The van der Waals surface area contributed by atoms with E-state index in [9.17, 15) is 4.79 Å². The van der Waals surface area contributed by atoms with E-state index in [1.165, 1.54) is 19.6 Å². The van der Waals surface area contributed by atoms with Crippen molar-refractivity contribution in [1.29, 1.82) is 0 Å². The van der Waals surface area contributed by atoms with E-state index in [1.54, 1.807) is 0 Å². The van der Waals surface area contributed by atoms with Gasteiger partial charge in [0.1, 0.15) is 13.2 Å². The van der Waals surface area contributed by atoms with Gasteiger partial charge >= 0.3 is 5.97 Å². The van der Waals surface area contributed by atoms with E-state index in [-0.39, 0.29) is 5.97 Å². The van der Waals surface area contributed by atoms with E-state index < -0.39 is 0 Å². The molecule has 0 atom stereocenters. The topological polar surface area (TPSA) is 44.8 Å². The van der Waals surface area contributed by atoms with E-state index in [2.05, 4.69) is 11.3 Å². The number of methoxy groups -OCH3 is 1. The maximum atomic E-state index is 11.0. The molecule has 0 spiro atoms. The summed E-state index contributed by atoms with van der Waals surface area (Å²) in [7, 11) is 1.34. The predicted octanol–water partition coefficient (Wildman–Crippen LogP) is 1.63. The van der Waals surface area contributed by atoms with Gasteiger partial charge in [-0.15, -0.1) is 0 Å². The van der Waals surface area contributed by atoms with Gasteiger partial charge in [0.25, 0.3) is 0 Å². The second-order valence-corrected chi connectivity index (χ2v) is 2.40. The number of ether oxygens (including phenoxy) is 3. The first-order valence-corrected chi connectivity index (χ1v) is 4.37. The summed E-state index contributed by atoms with van der Waals surface area (Å²) in [4.78, 5) is 11.0. The summed E-state index contributed by atoms with van der Waals surface area (Å²) < 4.78 is 14.5. The van der Waals surface area contributed by atoms with Crippen molar-refractivity contribution in [2.45, 2.75) is 13.3 Å². The zero-order valence-electron chi connectivity index (χ0n) is 8.62. The van der Waals surface area contributed by atoms with E-state index in [1.807, 2.05) is 6.92 Å². The lowest BCUT2D eigenvalue weighted by molar-refractivity contribution is -0.136. The van der Waals surface area contributed by atoms with E-state index in [0.717, 1.165) is 0 Å². The number of rotatable bonds is 7. The van der Waals surface area contributed by atoms with Gasteiger partial charge in [-0.2, -0.15) is 0 Å². The van der Waals surface area contributed by atoms with Gasteiger partial charge in [-0.05, 0) is 6.42 Å². The molecule has 0 aliphatic rings. The van der Waals surface area contributed by atoms with Crippen LogP contribution in [0.4, 0.5) is 0 Å². The molecule has 0 saturated heterocycles. The molecule has 0 heterocycles. The minimum Gasteiger partial charge on any atom is -0.498 e. The monoisotopic (exact) mass is 200 g/mol. The Hall–Kier alpha value is -1.45. The molecule has 0 rings (SSSR count). The van der Waals surface area contributed by atoms with Crippen LogP contribution in [0.15, 0.2) is 24.7 Å². The molecule has 0 aliphatic heterocycles. The Labute approximate surface area is 84.1 Å². The van der Waals surface area contributed by atoms with Crippen molar-refractivity contribution in [1.82, 2.24) is 0 Å². The minimum atomic E-state index is -0.364. The summed E-state index contributed by atoms with van der Waals surface area (Å²) in [6, 6.07) is 0. The lowest BCUT2D eigenvalue weighted by atomic mass is 10.2. The molecule has 0 aliphatic carbocycles. The van der Waals surface area contributed by atoms with Crippen molar-refractivity contribution in [3.8, 4) is 0 Å². The second kappa shape index (κ2) is 8.16. The maximum absolute atomic E-state index is 11.0. The zero-order valence-corrected chi connectivity index (χ0v) is 8.62. The molecule has 0 bridgehead atoms. The Morgan fingerprint density at radius 2 is 2.00 bits per heavy atom. The lowest BCUT2D eigenvalue weighted by Crippen LogP contribution is -2.05. The first-order valence-electron chi connectivity index (χ1n) is 4.37. The van der Waals surface area contributed by atoms with Crippen molar-refractivity contribution in [3.63, 3.8) is 0 Å². The van der Waals surface area contributed by atoms with E-state index in [0.29, 0.717) is 25.2 Å². The molecule has 4 heteroatoms. The van der Waals surface area contributed by atoms with Crippen LogP contribution < -0.4 is 0 Å². The van der Waals surface area contributed by atoms with Crippen LogP contribution in [0.3, 0.4) is 0 Å². The maximum Gasteiger partial charge on any atom is 0.336 e. The fourth-order valence-corrected chi connectivity index (χ4v) is 0.746. The van der Waals surface area contributed by atoms with Crippen LogP contribution in [0.1, 0.15) is 13.3 Å².